The summed E-state index contributed by atoms with van der Waals surface area (Å²) in [6, 6.07) is 21.4. The van der Waals surface area contributed by atoms with Crippen LogP contribution >= 0.6 is 0 Å². The van der Waals surface area contributed by atoms with Gasteiger partial charge in [-0.15, -0.1) is 0 Å². The highest BCUT2D eigenvalue weighted by Gasteiger charge is 2.11. The molecule has 0 radical (unpaired) electrons. The van der Waals surface area contributed by atoms with Crippen LogP contribution in [0.15, 0.2) is 66.7 Å². The first-order valence-electron chi connectivity index (χ1n) is 8.40. The molecule has 4 heteroatoms. The van der Waals surface area contributed by atoms with Gasteiger partial charge >= 0.3 is 0 Å². The summed E-state index contributed by atoms with van der Waals surface area (Å²) in [7, 11) is 1.66. The van der Waals surface area contributed by atoms with E-state index in [4.69, 9.17) is 9.72 Å². The van der Waals surface area contributed by atoms with Crippen molar-refractivity contribution in [1.82, 2.24) is 4.98 Å². The maximum absolute atomic E-state index is 11.5. The van der Waals surface area contributed by atoms with E-state index in [-0.39, 0.29) is 5.78 Å². The smallest absolute Gasteiger partial charge is 0.159 e. The normalized spacial score (nSPS) is 10.8. The third-order valence-corrected chi connectivity index (χ3v) is 4.45. The number of aromatic nitrogens is 1. The van der Waals surface area contributed by atoms with Crippen LogP contribution in [0.3, 0.4) is 0 Å². The summed E-state index contributed by atoms with van der Waals surface area (Å²) in [6.45, 7) is 1.57. The lowest BCUT2D eigenvalue weighted by Crippen LogP contribution is -1.97. The van der Waals surface area contributed by atoms with Gasteiger partial charge in [-0.1, -0.05) is 18.2 Å². The zero-order valence-electron chi connectivity index (χ0n) is 14.6. The number of hydrogen-bond donors (Lipinski definition) is 1. The fourth-order valence-corrected chi connectivity index (χ4v) is 3.06. The highest BCUT2D eigenvalue weighted by Crippen LogP contribution is 2.34. The van der Waals surface area contributed by atoms with E-state index in [1.54, 1.807) is 14.0 Å². The molecule has 0 aliphatic rings. The van der Waals surface area contributed by atoms with Crippen LogP contribution in [0.25, 0.3) is 21.8 Å². The molecule has 0 saturated carbocycles. The van der Waals surface area contributed by atoms with Gasteiger partial charge in [-0.25, -0.2) is 4.98 Å². The molecule has 0 spiro atoms. The number of ketones is 1. The van der Waals surface area contributed by atoms with Gasteiger partial charge in [0.2, 0.25) is 0 Å². The molecule has 0 bridgehead atoms. The molecule has 0 unspecified atom stereocenters. The van der Waals surface area contributed by atoms with E-state index in [2.05, 4.69) is 5.32 Å². The number of nitrogens with zero attached hydrogens (tertiary/aromatic N) is 1. The molecule has 1 heterocycles. The number of Topliss-reactive ketones (excluding diaryl/α,β-unsaturated/α-hetero) is 1. The van der Waals surface area contributed by atoms with Crippen LogP contribution in [0.4, 0.5) is 11.4 Å². The Bertz CT molecular complexity index is 1120. The number of hydrogen-bond acceptors (Lipinski definition) is 4. The summed E-state index contributed by atoms with van der Waals surface area (Å²) in [5.74, 6) is 0.839. The van der Waals surface area contributed by atoms with Gasteiger partial charge in [-0.05, 0) is 55.5 Å². The number of methoxy groups -OCH3 is 1. The molecule has 4 rings (SSSR count). The second kappa shape index (κ2) is 6.48. The minimum Gasteiger partial charge on any atom is -0.497 e. The number of anilines is 2. The first-order chi connectivity index (χ1) is 12.7. The highest BCUT2D eigenvalue weighted by molar-refractivity contribution is 6.09. The summed E-state index contributed by atoms with van der Waals surface area (Å²) in [6.07, 6.45) is 0. The Morgan fingerprint density at radius 2 is 1.65 bits per heavy atom. The molecule has 1 N–H and O–H groups in total. The minimum atomic E-state index is 0.0566. The number of para-hydroxylation sites is 1. The monoisotopic (exact) mass is 342 g/mol. The van der Waals surface area contributed by atoms with Gasteiger partial charge in [-0.2, -0.15) is 0 Å². The van der Waals surface area contributed by atoms with Crippen LogP contribution in [-0.2, 0) is 0 Å². The number of carbonyl (C=O) groups excluding carboxylic acids is 1. The molecule has 1 aromatic heterocycles. The number of nitrogens with one attached hydrogen (secondary N) is 1. The van der Waals surface area contributed by atoms with Crippen molar-refractivity contribution in [2.75, 3.05) is 12.4 Å². The van der Waals surface area contributed by atoms with Crippen LogP contribution in [0.5, 0.6) is 5.75 Å². The molecule has 3 aromatic carbocycles. The second-order valence-corrected chi connectivity index (χ2v) is 6.15. The van der Waals surface area contributed by atoms with Crippen LogP contribution in [-0.4, -0.2) is 17.9 Å². The van der Waals surface area contributed by atoms with Gasteiger partial charge in [0.1, 0.15) is 5.75 Å². The molecule has 128 valence electrons. The fraction of sp³-hybridized carbons (Fsp3) is 0.0909. The Morgan fingerprint density at radius 3 is 2.38 bits per heavy atom. The van der Waals surface area contributed by atoms with E-state index in [0.29, 0.717) is 5.56 Å². The maximum atomic E-state index is 11.5. The highest BCUT2D eigenvalue weighted by atomic mass is 16.5. The number of benzene rings is 3. The van der Waals surface area contributed by atoms with E-state index in [9.17, 15) is 4.79 Å². The van der Waals surface area contributed by atoms with Gasteiger partial charge in [0.05, 0.1) is 23.8 Å². The standard InChI is InChI=1S/C22H18N2O2/c1-14(25)15-7-9-16(10-8-15)23-22-18-5-3-4-6-20(18)24-21-12-11-17(26-2)13-19(21)22/h3-13H,1-2H3,(H,23,24). The molecule has 0 aliphatic carbocycles. The van der Waals surface area contributed by atoms with Gasteiger partial charge < -0.3 is 10.1 Å². The van der Waals surface area contributed by atoms with Crippen molar-refractivity contribution in [3.63, 3.8) is 0 Å². The van der Waals surface area contributed by atoms with Gasteiger partial charge in [-0.3, -0.25) is 4.79 Å². The maximum Gasteiger partial charge on any atom is 0.159 e. The predicted molar refractivity (Wildman–Crippen MR) is 106 cm³/mol. The van der Waals surface area contributed by atoms with Gasteiger partial charge in [0.15, 0.2) is 5.78 Å². The summed E-state index contributed by atoms with van der Waals surface area (Å²) < 4.78 is 5.39. The van der Waals surface area contributed by atoms with Crippen molar-refractivity contribution < 1.29 is 9.53 Å². The van der Waals surface area contributed by atoms with Crippen molar-refractivity contribution in [2.24, 2.45) is 0 Å². The lowest BCUT2D eigenvalue weighted by molar-refractivity contribution is 0.101. The molecule has 0 amide bonds. The molecule has 4 nitrogen and oxygen atoms in total. The SMILES string of the molecule is COc1ccc2nc3ccccc3c(Nc3ccc(C(C)=O)cc3)c2c1. The van der Waals surface area contributed by atoms with Crippen LogP contribution in [0.2, 0.25) is 0 Å². The van der Waals surface area contributed by atoms with Crippen LogP contribution in [0, 0.1) is 0 Å². The Balaban J connectivity index is 1.90. The Hall–Kier alpha value is -3.40. The van der Waals surface area contributed by atoms with Gasteiger partial charge in [0.25, 0.3) is 0 Å². The molecular formula is C22H18N2O2. The molecule has 26 heavy (non-hydrogen) atoms. The van der Waals surface area contributed by atoms with E-state index in [1.165, 1.54) is 0 Å². The van der Waals surface area contributed by atoms with E-state index < -0.39 is 0 Å². The summed E-state index contributed by atoms with van der Waals surface area (Å²) >= 11 is 0. The molecule has 0 saturated heterocycles. The Morgan fingerprint density at radius 1 is 0.923 bits per heavy atom. The topological polar surface area (TPSA) is 51.2 Å². The van der Waals surface area contributed by atoms with E-state index in [1.807, 2.05) is 66.7 Å². The van der Waals surface area contributed by atoms with Crippen LogP contribution < -0.4 is 10.1 Å². The van der Waals surface area contributed by atoms with Crippen molar-refractivity contribution >= 4 is 39.0 Å². The first-order valence-corrected chi connectivity index (χ1v) is 8.40. The van der Waals surface area contributed by atoms with Crippen molar-refractivity contribution in [1.29, 1.82) is 0 Å². The third kappa shape index (κ3) is 2.86. The van der Waals surface area contributed by atoms with E-state index >= 15 is 0 Å². The number of carbonyl (C=O) groups is 1. The lowest BCUT2D eigenvalue weighted by atomic mass is 10.1. The molecular weight excluding hydrogens is 324 g/mol. The van der Waals surface area contributed by atoms with Crippen molar-refractivity contribution in [2.45, 2.75) is 6.92 Å². The molecule has 0 fully saturated rings. The summed E-state index contributed by atoms with van der Waals surface area (Å²) in [4.78, 5) is 16.2. The number of fused-ring (bicyclic) bond motifs is 2. The Labute approximate surface area is 151 Å². The number of ether oxygens (including phenoxy) is 1. The summed E-state index contributed by atoms with van der Waals surface area (Å²) in [5, 5.41) is 5.52. The average molecular weight is 342 g/mol. The zero-order valence-corrected chi connectivity index (χ0v) is 14.6. The molecule has 0 aliphatic heterocycles. The largest absolute Gasteiger partial charge is 0.497 e. The van der Waals surface area contributed by atoms with Crippen molar-refractivity contribution in [3.05, 3.63) is 72.3 Å². The Kier molecular flexibility index (Phi) is 4.01. The molecule has 4 aromatic rings. The number of pyridine rings is 1. The summed E-state index contributed by atoms with van der Waals surface area (Å²) in [5.41, 5.74) is 4.40. The third-order valence-electron chi connectivity index (χ3n) is 4.45. The predicted octanol–water partition coefficient (Wildman–Crippen LogP) is 5.34. The first kappa shape index (κ1) is 16.1. The molecule has 0 atom stereocenters. The average Bonchev–Trinajstić information content (AvgIpc) is 2.68. The minimum absolute atomic E-state index is 0.0566. The quantitative estimate of drug-likeness (QED) is 0.401. The zero-order chi connectivity index (χ0) is 18.1. The van der Waals surface area contributed by atoms with Gasteiger partial charge in [0, 0.05) is 22.0 Å². The number of rotatable bonds is 4. The van der Waals surface area contributed by atoms with Crippen molar-refractivity contribution in [3.8, 4) is 5.75 Å². The van der Waals surface area contributed by atoms with Crippen LogP contribution in [0.1, 0.15) is 17.3 Å². The second-order valence-electron chi connectivity index (χ2n) is 6.15. The lowest BCUT2D eigenvalue weighted by Gasteiger charge is -2.14. The van der Waals surface area contributed by atoms with E-state index in [0.717, 1.165) is 38.9 Å². The fourth-order valence-electron chi connectivity index (χ4n) is 3.06.